The van der Waals surface area contributed by atoms with Gasteiger partial charge in [0.25, 0.3) is 0 Å². The minimum Gasteiger partial charge on any atom is -0.310 e. The maximum Gasteiger partial charge on any atom is 0.137 e. The van der Waals surface area contributed by atoms with Crippen LogP contribution in [0, 0.1) is 0 Å². The van der Waals surface area contributed by atoms with E-state index in [0.717, 1.165) is 56.5 Å². The van der Waals surface area contributed by atoms with Crippen LogP contribution >= 0.6 is 0 Å². The lowest BCUT2D eigenvalue weighted by Gasteiger charge is -2.35. The van der Waals surface area contributed by atoms with E-state index >= 15 is 0 Å². The Hall–Kier alpha value is -9.57. The Kier molecular flexibility index (Phi) is 11.8. The van der Waals surface area contributed by atoms with Crippen LogP contribution in [0.2, 0.25) is 0 Å². The van der Waals surface area contributed by atoms with Gasteiger partial charge in [0.1, 0.15) is 5.82 Å². The number of fused-ring (bicyclic) bond motifs is 8. The van der Waals surface area contributed by atoms with Gasteiger partial charge in [-0.15, -0.1) is 0 Å². The maximum absolute atomic E-state index is 5.39. The van der Waals surface area contributed by atoms with Gasteiger partial charge < -0.3 is 4.90 Å². The van der Waals surface area contributed by atoms with Crippen LogP contribution in [-0.2, 0) is 10.8 Å². The SMILES string of the molecule is C=C(/C=C\C=C/C)C1(c2ccccc2)c2cc(N(c3ccccc3)c3ccc(-c4ccccc4)cc3)ccc2-c2c1cc(-c1ccc(N(c3ccccc3)c3ccc4c(c3)C(C)(C)c3ccccc3-4)nc1)c1ccccc21. The summed E-state index contributed by atoms with van der Waals surface area (Å²) in [5, 5.41) is 2.35. The van der Waals surface area contributed by atoms with Crippen LogP contribution in [0.5, 0.6) is 0 Å². The molecule has 3 nitrogen and oxygen atoms in total. The maximum atomic E-state index is 5.39. The van der Waals surface area contributed by atoms with E-state index in [-0.39, 0.29) is 5.41 Å². The fourth-order valence-electron chi connectivity index (χ4n) is 12.4. The standard InChI is InChI=1S/C74H57N3/c1-5-6-11-24-51(2)74(55-27-14-8-15-28-55)69-48-59(76(56-29-16-9-17-30-56)58-40-37-53(38-41-58)52-25-12-7-13-26-52)43-45-65(69)72-64-35-21-20-33-61(64)66(49-70(72)74)54-39-46-71(75-50-54)77(57-31-18-10-19-32-57)60-42-44-63-62-34-22-23-36-67(62)73(3,4)68(63)47-60/h5-50H,2H2,1,3-4H3/b6-5-,24-11-. The monoisotopic (exact) mass is 987 g/mol. The molecular weight excluding hydrogens is 931 g/mol. The molecule has 1 unspecified atom stereocenters. The summed E-state index contributed by atoms with van der Waals surface area (Å²) in [6, 6.07) is 90.4. The molecule has 2 aliphatic carbocycles. The van der Waals surface area contributed by atoms with Crippen molar-refractivity contribution >= 4 is 45.0 Å². The van der Waals surface area contributed by atoms with Gasteiger partial charge in [-0.1, -0.05) is 215 Å². The summed E-state index contributed by atoms with van der Waals surface area (Å²) in [7, 11) is 0. The van der Waals surface area contributed by atoms with Gasteiger partial charge in [0.15, 0.2) is 0 Å². The molecule has 0 spiro atoms. The van der Waals surface area contributed by atoms with E-state index < -0.39 is 5.41 Å². The van der Waals surface area contributed by atoms with Gasteiger partial charge in [0.2, 0.25) is 0 Å². The summed E-state index contributed by atoms with van der Waals surface area (Å²) < 4.78 is 0. The van der Waals surface area contributed by atoms with Crippen molar-refractivity contribution in [2.24, 2.45) is 0 Å². The predicted octanol–water partition coefficient (Wildman–Crippen LogP) is 19.8. The molecule has 13 rings (SSSR count). The molecule has 3 heteroatoms. The Morgan fingerprint density at radius 1 is 0.416 bits per heavy atom. The minimum absolute atomic E-state index is 0.142. The van der Waals surface area contributed by atoms with Crippen molar-refractivity contribution in [1.82, 2.24) is 4.98 Å². The quantitative estimate of drug-likeness (QED) is 0.114. The van der Waals surface area contributed by atoms with E-state index in [1.165, 1.54) is 66.4 Å². The number of aromatic nitrogens is 1. The van der Waals surface area contributed by atoms with Gasteiger partial charge in [-0.3, -0.25) is 4.90 Å². The van der Waals surface area contributed by atoms with Crippen molar-refractivity contribution in [3.8, 4) is 44.5 Å². The second-order valence-electron chi connectivity index (χ2n) is 20.7. The third-order valence-electron chi connectivity index (χ3n) is 16.0. The number of rotatable bonds is 12. The van der Waals surface area contributed by atoms with Gasteiger partial charge in [-0.25, -0.2) is 4.98 Å². The second-order valence-corrected chi connectivity index (χ2v) is 20.7. The van der Waals surface area contributed by atoms with E-state index in [4.69, 9.17) is 11.6 Å². The number of nitrogens with zero attached hydrogens (tertiary/aromatic N) is 3. The zero-order valence-electron chi connectivity index (χ0n) is 43.6. The lowest BCUT2D eigenvalue weighted by atomic mass is 9.67. The van der Waals surface area contributed by atoms with E-state index in [1.54, 1.807) is 0 Å². The van der Waals surface area contributed by atoms with Crippen LogP contribution in [0.4, 0.5) is 34.3 Å². The number of benzene rings is 10. The normalized spacial score (nSPS) is 14.8. The molecule has 0 saturated heterocycles. The molecule has 0 bridgehead atoms. The number of para-hydroxylation sites is 2. The number of anilines is 6. The van der Waals surface area contributed by atoms with Crippen molar-refractivity contribution in [2.45, 2.75) is 31.6 Å². The first-order valence-electron chi connectivity index (χ1n) is 26.7. The largest absolute Gasteiger partial charge is 0.310 e. The highest BCUT2D eigenvalue weighted by molar-refractivity contribution is 6.10. The third-order valence-corrected chi connectivity index (χ3v) is 16.0. The van der Waals surface area contributed by atoms with Crippen LogP contribution in [0.15, 0.2) is 291 Å². The molecule has 10 aromatic carbocycles. The Morgan fingerprint density at radius 2 is 0.948 bits per heavy atom. The van der Waals surface area contributed by atoms with Gasteiger partial charge in [-0.2, -0.15) is 0 Å². The Balaban J connectivity index is 0.989. The molecule has 1 aromatic heterocycles. The van der Waals surface area contributed by atoms with E-state index in [0.29, 0.717) is 0 Å². The molecule has 1 atom stereocenters. The molecule has 2 aliphatic rings. The molecule has 11 aromatic rings. The highest BCUT2D eigenvalue weighted by Crippen LogP contribution is 2.60. The molecular formula is C74H57N3. The van der Waals surface area contributed by atoms with Crippen LogP contribution < -0.4 is 9.80 Å². The summed E-state index contributed by atoms with van der Waals surface area (Å²) >= 11 is 0. The summed E-state index contributed by atoms with van der Waals surface area (Å²) in [4.78, 5) is 10.1. The number of hydrogen-bond donors (Lipinski definition) is 0. The van der Waals surface area contributed by atoms with Crippen molar-refractivity contribution in [1.29, 1.82) is 0 Å². The van der Waals surface area contributed by atoms with E-state index in [2.05, 4.69) is 310 Å². The highest BCUT2D eigenvalue weighted by atomic mass is 15.2. The van der Waals surface area contributed by atoms with Crippen LogP contribution in [0.25, 0.3) is 55.3 Å². The lowest BCUT2D eigenvalue weighted by Crippen LogP contribution is -2.29. The molecule has 0 saturated carbocycles. The Labute approximate surface area is 452 Å². The minimum atomic E-state index is -0.781. The van der Waals surface area contributed by atoms with Crippen molar-refractivity contribution in [2.75, 3.05) is 9.80 Å². The fraction of sp³-hybridized carbons (Fsp3) is 0.0676. The second kappa shape index (κ2) is 19.3. The molecule has 0 N–H and O–H groups in total. The molecule has 368 valence electrons. The summed E-state index contributed by atoms with van der Waals surface area (Å²) in [5.74, 6) is 0.845. The topological polar surface area (TPSA) is 19.4 Å². The van der Waals surface area contributed by atoms with Gasteiger partial charge in [-0.05, 0) is 169 Å². The molecule has 77 heavy (non-hydrogen) atoms. The predicted molar refractivity (Wildman–Crippen MR) is 324 cm³/mol. The smallest absolute Gasteiger partial charge is 0.137 e. The first-order chi connectivity index (χ1) is 37.8. The van der Waals surface area contributed by atoms with E-state index in [1.807, 2.05) is 0 Å². The van der Waals surface area contributed by atoms with Gasteiger partial charge in [0, 0.05) is 45.6 Å². The lowest BCUT2D eigenvalue weighted by molar-refractivity contribution is 0.660. The Morgan fingerprint density at radius 3 is 1.64 bits per heavy atom. The van der Waals surface area contributed by atoms with Crippen molar-refractivity contribution < 1.29 is 0 Å². The molecule has 0 radical (unpaired) electrons. The fourth-order valence-corrected chi connectivity index (χ4v) is 12.4. The molecule has 0 aliphatic heterocycles. The average molecular weight is 988 g/mol. The third kappa shape index (κ3) is 7.85. The molecule has 0 amide bonds. The van der Waals surface area contributed by atoms with Gasteiger partial charge >= 0.3 is 0 Å². The average Bonchev–Trinajstić information content (AvgIpc) is 4.16. The zero-order chi connectivity index (χ0) is 52.1. The van der Waals surface area contributed by atoms with Crippen molar-refractivity contribution in [3.63, 3.8) is 0 Å². The first kappa shape index (κ1) is 47.2. The van der Waals surface area contributed by atoms with Crippen LogP contribution in [-0.4, -0.2) is 4.98 Å². The van der Waals surface area contributed by atoms with Gasteiger partial charge in [0.05, 0.1) is 5.41 Å². The number of pyridine rings is 1. The highest BCUT2D eigenvalue weighted by Gasteiger charge is 2.48. The van der Waals surface area contributed by atoms with Crippen LogP contribution in [0.3, 0.4) is 0 Å². The summed E-state index contributed by atoms with van der Waals surface area (Å²) in [6.07, 6.45) is 10.6. The molecule has 0 fully saturated rings. The van der Waals surface area contributed by atoms with E-state index in [9.17, 15) is 0 Å². The summed E-state index contributed by atoms with van der Waals surface area (Å²) in [6.45, 7) is 11.8. The summed E-state index contributed by atoms with van der Waals surface area (Å²) in [5.41, 5.74) is 21.1. The number of allylic oxidation sites excluding steroid dienone is 5. The first-order valence-corrected chi connectivity index (χ1v) is 26.7. The molecule has 1 heterocycles. The number of hydrogen-bond acceptors (Lipinski definition) is 3. The zero-order valence-corrected chi connectivity index (χ0v) is 43.6. The van der Waals surface area contributed by atoms with Crippen LogP contribution in [0.1, 0.15) is 48.6 Å². The van der Waals surface area contributed by atoms with Crippen molar-refractivity contribution in [3.05, 3.63) is 319 Å². The Bertz CT molecular complexity index is 4060.